The van der Waals surface area contributed by atoms with Crippen molar-refractivity contribution >= 4 is 21.7 Å². The van der Waals surface area contributed by atoms with Crippen LogP contribution in [0.5, 0.6) is 0 Å². The molecule has 0 saturated heterocycles. The second kappa shape index (κ2) is 8.14. The Morgan fingerprint density at radius 2 is 1.69 bits per heavy atom. The van der Waals surface area contributed by atoms with Crippen molar-refractivity contribution in [2.45, 2.75) is 24.8 Å². The summed E-state index contributed by atoms with van der Waals surface area (Å²) in [6.45, 7) is 3.29. The van der Waals surface area contributed by atoms with E-state index in [0.29, 0.717) is 0 Å². The maximum atomic E-state index is 12.2. The summed E-state index contributed by atoms with van der Waals surface area (Å²) in [6, 6.07) is 13.1. The molecule has 6 nitrogen and oxygen atoms in total. The average Bonchev–Trinajstić information content (AvgIpc) is 2.59. The number of rotatable bonds is 6. The largest absolute Gasteiger partial charge is 0.452 e. The fourth-order valence-electron chi connectivity index (χ4n) is 2.60. The third-order valence-electron chi connectivity index (χ3n) is 3.87. The molecule has 2 aromatic rings. The molecule has 7 heteroatoms. The summed E-state index contributed by atoms with van der Waals surface area (Å²) in [5.74, 6) is -1.32. The van der Waals surface area contributed by atoms with Gasteiger partial charge in [-0.1, -0.05) is 36.4 Å². The molecule has 0 bridgehead atoms. The van der Waals surface area contributed by atoms with Gasteiger partial charge >= 0.3 is 5.97 Å². The lowest BCUT2D eigenvalue weighted by molar-refractivity contribution is -0.124. The summed E-state index contributed by atoms with van der Waals surface area (Å²) in [5, 5.41) is 2.75. The van der Waals surface area contributed by atoms with E-state index in [0.717, 1.165) is 17.4 Å². The van der Waals surface area contributed by atoms with Crippen molar-refractivity contribution in [3.05, 3.63) is 65.2 Å². The smallest absolute Gasteiger partial charge is 0.339 e. The molecule has 0 aliphatic heterocycles. The van der Waals surface area contributed by atoms with Crippen molar-refractivity contribution in [2.24, 2.45) is 0 Å². The van der Waals surface area contributed by atoms with Crippen LogP contribution in [-0.4, -0.2) is 33.2 Å². The predicted octanol–water partition coefficient (Wildman–Crippen LogP) is 2.43. The molecular formula is C19H21NO5S. The first-order valence-electron chi connectivity index (χ1n) is 8.01. The van der Waals surface area contributed by atoms with Crippen molar-refractivity contribution in [2.75, 3.05) is 12.9 Å². The Balaban J connectivity index is 2.00. The van der Waals surface area contributed by atoms with Gasteiger partial charge in [-0.25, -0.2) is 13.2 Å². The van der Waals surface area contributed by atoms with Crippen LogP contribution in [0.4, 0.5) is 0 Å². The number of aryl methyl sites for hydroxylation is 1. The van der Waals surface area contributed by atoms with Gasteiger partial charge in [-0.2, -0.15) is 0 Å². The van der Waals surface area contributed by atoms with E-state index in [1.165, 1.54) is 24.3 Å². The molecule has 1 unspecified atom stereocenters. The number of esters is 1. The van der Waals surface area contributed by atoms with Gasteiger partial charge in [-0.05, 0) is 37.1 Å². The highest BCUT2D eigenvalue weighted by Gasteiger charge is 2.20. The van der Waals surface area contributed by atoms with Gasteiger partial charge in [0.15, 0.2) is 16.4 Å². The minimum Gasteiger partial charge on any atom is -0.452 e. The maximum absolute atomic E-state index is 12.2. The lowest BCUT2D eigenvalue weighted by atomic mass is 10.0. The molecule has 0 heterocycles. The third-order valence-corrected chi connectivity index (χ3v) is 5.03. The SMILES string of the molecule is Cc1ccccc1C(C)NC(=O)COC(=O)c1ccccc1S(C)(=O)=O. The van der Waals surface area contributed by atoms with Gasteiger partial charge in [0, 0.05) is 6.26 Å². The van der Waals surface area contributed by atoms with E-state index in [1.807, 2.05) is 38.1 Å². The fourth-order valence-corrected chi connectivity index (χ4v) is 3.48. The molecule has 1 atom stereocenters. The standard InChI is InChI=1S/C19H21NO5S/c1-13-8-4-5-9-15(13)14(2)20-18(21)12-25-19(22)16-10-6-7-11-17(16)26(3,23)24/h4-11,14H,12H2,1-3H3,(H,20,21). The molecule has 0 saturated carbocycles. The van der Waals surface area contributed by atoms with E-state index in [-0.39, 0.29) is 16.5 Å². The quantitative estimate of drug-likeness (QED) is 0.783. The lowest BCUT2D eigenvalue weighted by Gasteiger charge is -2.16. The topological polar surface area (TPSA) is 89.5 Å². The van der Waals surface area contributed by atoms with E-state index in [4.69, 9.17) is 4.74 Å². The zero-order valence-electron chi connectivity index (χ0n) is 14.9. The van der Waals surface area contributed by atoms with Crippen LogP contribution in [0.3, 0.4) is 0 Å². The van der Waals surface area contributed by atoms with Crippen molar-refractivity contribution in [3.63, 3.8) is 0 Å². The van der Waals surface area contributed by atoms with Crippen LogP contribution in [0, 0.1) is 6.92 Å². The van der Waals surface area contributed by atoms with Crippen LogP contribution in [0.2, 0.25) is 0 Å². The van der Waals surface area contributed by atoms with E-state index in [1.54, 1.807) is 0 Å². The van der Waals surface area contributed by atoms with Crippen LogP contribution in [0.25, 0.3) is 0 Å². The first-order chi connectivity index (χ1) is 12.2. The van der Waals surface area contributed by atoms with Crippen molar-refractivity contribution in [3.8, 4) is 0 Å². The molecule has 0 aromatic heterocycles. The first-order valence-corrected chi connectivity index (χ1v) is 9.90. The van der Waals surface area contributed by atoms with Crippen molar-refractivity contribution in [1.29, 1.82) is 0 Å². The van der Waals surface area contributed by atoms with Crippen molar-refractivity contribution < 1.29 is 22.7 Å². The number of hydrogen-bond acceptors (Lipinski definition) is 5. The first kappa shape index (κ1) is 19.7. The van der Waals surface area contributed by atoms with Crippen LogP contribution in [0.1, 0.15) is 34.5 Å². The van der Waals surface area contributed by atoms with E-state index in [9.17, 15) is 18.0 Å². The Morgan fingerprint density at radius 1 is 1.08 bits per heavy atom. The van der Waals surface area contributed by atoms with Gasteiger partial charge in [0.05, 0.1) is 16.5 Å². The van der Waals surface area contributed by atoms with Gasteiger partial charge in [-0.3, -0.25) is 4.79 Å². The Morgan fingerprint density at radius 3 is 2.35 bits per heavy atom. The molecule has 2 aromatic carbocycles. The van der Waals surface area contributed by atoms with Gasteiger partial charge in [0.1, 0.15) is 0 Å². The number of ether oxygens (including phenoxy) is 1. The van der Waals surface area contributed by atoms with Gasteiger partial charge in [-0.15, -0.1) is 0 Å². The molecule has 1 amide bonds. The van der Waals surface area contributed by atoms with E-state index in [2.05, 4.69) is 5.32 Å². The zero-order valence-corrected chi connectivity index (χ0v) is 15.7. The molecule has 0 aliphatic carbocycles. The summed E-state index contributed by atoms with van der Waals surface area (Å²) >= 11 is 0. The van der Waals surface area contributed by atoms with Crippen LogP contribution in [-0.2, 0) is 19.4 Å². The third kappa shape index (κ3) is 4.92. The molecule has 0 aliphatic rings. The number of carbonyl (C=O) groups is 2. The highest BCUT2D eigenvalue weighted by molar-refractivity contribution is 7.90. The number of hydrogen-bond donors (Lipinski definition) is 1. The van der Waals surface area contributed by atoms with Crippen LogP contribution < -0.4 is 5.32 Å². The minimum atomic E-state index is -3.58. The van der Waals surface area contributed by atoms with Crippen LogP contribution >= 0.6 is 0 Å². The summed E-state index contributed by atoms with van der Waals surface area (Å²) in [5.41, 5.74) is 1.92. The highest BCUT2D eigenvalue weighted by atomic mass is 32.2. The number of amides is 1. The average molecular weight is 375 g/mol. The molecule has 0 fully saturated rings. The summed E-state index contributed by atoms with van der Waals surface area (Å²) in [7, 11) is -3.58. The minimum absolute atomic E-state index is 0.0882. The van der Waals surface area contributed by atoms with Gasteiger partial charge < -0.3 is 10.1 Å². The monoisotopic (exact) mass is 375 g/mol. The zero-order chi connectivity index (χ0) is 19.3. The molecular weight excluding hydrogens is 354 g/mol. The summed E-state index contributed by atoms with van der Waals surface area (Å²) in [4.78, 5) is 24.1. The molecule has 0 radical (unpaired) electrons. The second-order valence-corrected chi connectivity index (χ2v) is 7.97. The molecule has 2 rings (SSSR count). The number of nitrogens with one attached hydrogen (secondary N) is 1. The lowest BCUT2D eigenvalue weighted by Crippen LogP contribution is -2.31. The van der Waals surface area contributed by atoms with Gasteiger partial charge in [0.25, 0.3) is 5.91 Å². The van der Waals surface area contributed by atoms with Crippen molar-refractivity contribution in [1.82, 2.24) is 5.32 Å². The number of carbonyl (C=O) groups excluding carboxylic acids is 2. The Hall–Kier alpha value is -2.67. The number of benzene rings is 2. The normalized spacial score (nSPS) is 12.3. The highest BCUT2D eigenvalue weighted by Crippen LogP contribution is 2.17. The maximum Gasteiger partial charge on any atom is 0.339 e. The Labute approximate surface area is 153 Å². The van der Waals surface area contributed by atoms with Gasteiger partial charge in [0.2, 0.25) is 0 Å². The second-order valence-electron chi connectivity index (χ2n) is 5.99. The Bertz CT molecular complexity index is 921. The fraction of sp³-hybridized carbons (Fsp3) is 0.263. The molecule has 0 spiro atoms. The van der Waals surface area contributed by atoms with E-state index >= 15 is 0 Å². The van der Waals surface area contributed by atoms with E-state index < -0.39 is 28.3 Å². The summed E-state index contributed by atoms with van der Waals surface area (Å²) < 4.78 is 28.5. The van der Waals surface area contributed by atoms with Crippen LogP contribution in [0.15, 0.2) is 53.4 Å². The summed E-state index contributed by atoms with van der Waals surface area (Å²) in [6.07, 6.45) is 1.01. The molecule has 26 heavy (non-hydrogen) atoms. The Kier molecular flexibility index (Phi) is 6.15. The molecule has 1 N–H and O–H groups in total. The molecule has 138 valence electrons. The number of sulfone groups is 1. The predicted molar refractivity (Wildman–Crippen MR) is 97.6 cm³/mol.